The molecule has 0 radical (unpaired) electrons. The normalized spacial score (nSPS) is 12.9. The molecule has 0 amide bonds. The van der Waals surface area contributed by atoms with Gasteiger partial charge >= 0.3 is 5.97 Å². The van der Waals surface area contributed by atoms with Crippen LogP contribution in [-0.2, 0) is 4.79 Å². The average Bonchev–Trinajstić information content (AvgIpc) is 2.39. The molecule has 0 spiro atoms. The molecule has 5 nitrogen and oxygen atoms in total. The van der Waals surface area contributed by atoms with Crippen LogP contribution >= 0.6 is 0 Å². The van der Waals surface area contributed by atoms with Crippen molar-refractivity contribution in [3.05, 3.63) is 23.8 Å². The molecule has 1 rings (SSSR count). The Hall–Kier alpha value is -1.75. The van der Waals surface area contributed by atoms with E-state index in [9.17, 15) is 9.90 Å². The van der Waals surface area contributed by atoms with Crippen LogP contribution in [-0.4, -0.2) is 32.3 Å². The fraction of sp³-hybridized carbons (Fsp3) is 0.500. The number of hydrogen-bond donors (Lipinski definition) is 2. The smallest absolute Gasteiger partial charge is 0.311 e. The molecule has 0 heterocycles. The molecule has 0 aliphatic heterocycles. The summed E-state index contributed by atoms with van der Waals surface area (Å²) in [7, 11) is 4.86. The lowest BCUT2D eigenvalue weighted by Crippen LogP contribution is -2.38. The van der Waals surface area contributed by atoms with Crippen molar-refractivity contribution in [1.29, 1.82) is 0 Å². The van der Waals surface area contributed by atoms with Crippen LogP contribution in [0.5, 0.6) is 11.5 Å². The highest BCUT2D eigenvalue weighted by Gasteiger charge is 2.38. The Morgan fingerprint density at radius 1 is 1.32 bits per heavy atom. The van der Waals surface area contributed by atoms with Gasteiger partial charge < -0.3 is 19.9 Å². The maximum atomic E-state index is 11.4. The third-order valence-corrected chi connectivity index (χ3v) is 3.31. The van der Waals surface area contributed by atoms with Crippen LogP contribution in [0, 0.1) is 5.41 Å². The van der Waals surface area contributed by atoms with Gasteiger partial charge in [-0.15, -0.1) is 0 Å². The monoisotopic (exact) mass is 267 g/mol. The number of methoxy groups -OCH3 is 2. The van der Waals surface area contributed by atoms with E-state index in [1.54, 1.807) is 47.2 Å². The van der Waals surface area contributed by atoms with E-state index in [0.29, 0.717) is 11.5 Å². The number of ether oxygens (including phenoxy) is 2. The first kappa shape index (κ1) is 15.3. The predicted molar refractivity (Wildman–Crippen MR) is 72.8 cm³/mol. The number of benzene rings is 1. The van der Waals surface area contributed by atoms with Crippen LogP contribution in [0.3, 0.4) is 0 Å². The summed E-state index contributed by atoms with van der Waals surface area (Å²) < 4.78 is 10.5. The lowest BCUT2D eigenvalue weighted by Gasteiger charge is -2.31. The van der Waals surface area contributed by atoms with E-state index in [0.717, 1.165) is 5.56 Å². The standard InChI is InChI=1S/C14H21NO4/c1-14(2,13(16)17)12(15-3)10-7-6-9(18-4)8-11(10)19-5/h6-8,12,15H,1-5H3,(H,16,17). The highest BCUT2D eigenvalue weighted by molar-refractivity contribution is 5.75. The summed E-state index contributed by atoms with van der Waals surface area (Å²) in [6.45, 7) is 3.36. The number of aliphatic carboxylic acids is 1. The van der Waals surface area contributed by atoms with Crippen LogP contribution in [0.15, 0.2) is 18.2 Å². The van der Waals surface area contributed by atoms with Crippen LogP contribution < -0.4 is 14.8 Å². The highest BCUT2D eigenvalue weighted by atomic mass is 16.5. The molecule has 0 saturated heterocycles. The predicted octanol–water partition coefficient (Wildman–Crippen LogP) is 2.08. The van der Waals surface area contributed by atoms with Crippen molar-refractivity contribution in [2.75, 3.05) is 21.3 Å². The maximum Gasteiger partial charge on any atom is 0.311 e. The fourth-order valence-electron chi connectivity index (χ4n) is 2.09. The first-order valence-corrected chi connectivity index (χ1v) is 6.01. The summed E-state index contributed by atoms with van der Waals surface area (Å²) in [5.41, 5.74) is -0.172. The van der Waals surface area contributed by atoms with Gasteiger partial charge in [0.25, 0.3) is 0 Å². The molecule has 1 aromatic carbocycles. The SMILES string of the molecule is CNC(c1ccc(OC)cc1OC)C(C)(C)C(=O)O. The minimum absolute atomic E-state index is 0.370. The zero-order valence-corrected chi connectivity index (χ0v) is 12.0. The van der Waals surface area contributed by atoms with Gasteiger partial charge in [-0.05, 0) is 27.0 Å². The number of carbonyl (C=O) groups is 1. The van der Waals surface area contributed by atoms with E-state index in [-0.39, 0.29) is 6.04 Å². The van der Waals surface area contributed by atoms with Crippen molar-refractivity contribution in [3.63, 3.8) is 0 Å². The molecule has 0 aliphatic rings. The summed E-state index contributed by atoms with van der Waals surface area (Å²) in [6, 6.07) is 4.99. The van der Waals surface area contributed by atoms with Gasteiger partial charge in [0.1, 0.15) is 11.5 Å². The van der Waals surface area contributed by atoms with Crippen molar-refractivity contribution < 1.29 is 19.4 Å². The summed E-state index contributed by atoms with van der Waals surface area (Å²) in [6.07, 6.45) is 0. The highest BCUT2D eigenvalue weighted by Crippen LogP contribution is 2.39. The molecule has 106 valence electrons. The first-order chi connectivity index (χ1) is 8.88. The minimum atomic E-state index is -0.962. The Bertz CT molecular complexity index is 457. The number of carboxylic acid groups (broad SMARTS) is 1. The molecule has 19 heavy (non-hydrogen) atoms. The van der Waals surface area contributed by atoms with Crippen molar-refractivity contribution in [3.8, 4) is 11.5 Å². The van der Waals surface area contributed by atoms with Crippen LogP contribution in [0.4, 0.5) is 0 Å². The molecule has 5 heteroatoms. The van der Waals surface area contributed by atoms with Crippen LogP contribution in [0.25, 0.3) is 0 Å². The molecule has 2 N–H and O–H groups in total. The second kappa shape index (κ2) is 5.93. The Kier molecular flexibility index (Phi) is 4.78. The number of nitrogens with one attached hydrogen (secondary N) is 1. The molecular formula is C14H21NO4. The van der Waals surface area contributed by atoms with Crippen molar-refractivity contribution in [1.82, 2.24) is 5.32 Å². The third-order valence-electron chi connectivity index (χ3n) is 3.31. The van der Waals surface area contributed by atoms with Crippen molar-refractivity contribution in [2.45, 2.75) is 19.9 Å². The van der Waals surface area contributed by atoms with E-state index < -0.39 is 11.4 Å². The Balaban J connectivity index is 3.29. The summed E-state index contributed by atoms with van der Waals surface area (Å²) in [5, 5.41) is 12.4. The van der Waals surface area contributed by atoms with Gasteiger partial charge in [0.2, 0.25) is 0 Å². The molecular weight excluding hydrogens is 246 g/mol. The number of hydrogen-bond acceptors (Lipinski definition) is 4. The number of rotatable bonds is 6. The maximum absolute atomic E-state index is 11.4. The third kappa shape index (κ3) is 2.98. The van der Waals surface area contributed by atoms with Gasteiger partial charge in [-0.3, -0.25) is 4.79 Å². The van der Waals surface area contributed by atoms with Gasteiger partial charge in [0.15, 0.2) is 0 Å². The second-order valence-electron chi connectivity index (χ2n) is 4.86. The topological polar surface area (TPSA) is 67.8 Å². The van der Waals surface area contributed by atoms with E-state index in [1.165, 1.54) is 0 Å². The van der Waals surface area contributed by atoms with E-state index >= 15 is 0 Å². The molecule has 0 bridgehead atoms. The summed E-state index contributed by atoms with van der Waals surface area (Å²) in [5.74, 6) is 0.404. The number of carboxylic acids is 1. The molecule has 1 atom stereocenters. The molecule has 0 aromatic heterocycles. The zero-order chi connectivity index (χ0) is 14.6. The summed E-state index contributed by atoms with van der Waals surface area (Å²) >= 11 is 0. The van der Waals surface area contributed by atoms with Gasteiger partial charge in [-0.2, -0.15) is 0 Å². The lowest BCUT2D eigenvalue weighted by atomic mass is 9.80. The largest absolute Gasteiger partial charge is 0.497 e. The minimum Gasteiger partial charge on any atom is -0.497 e. The lowest BCUT2D eigenvalue weighted by molar-refractivity contribution is -0.148. The Labute approximate surface area is 113 Å². The van der Waals surface area contributed by atoms with Gasteiger partial charge in [-0.1, -0.05) is 6.07 Å². The molecule has 1 unspecified atom stereocenters. The first-order valence-electron chi connectivity index (χ1n) is 6.01. The Morgan fingerprint density at radius 3 is 2.37 bits per heavy atom. The van der Waals surface area contributed by atoms with E-state index in [4.69, 9.17) is 9.47 Å². The fourth-order valence-corrected chi connectivity index (χ4v) is 2.09. The zero-order valence-electron chi connectivity index (χ0n) is 12.0. The Morgan fingerprint density at radius 2 is 1.95 bits per heavy atom. The molecule has 1 aromatic rings. The molecule has 0 fully saturated rings. The van der Waals surface area contributed by atoms with Gasteiger partial charge in [0.05, 0.1) is 25.7 Å². The van der Waals surface area contributed by atoms with Crippen LogP contribution in [0.1, 0.15) is 25.5 Å². The molecule has 0 saturated carbocycles. The van der Waals surface area contributed by atoms with E-state index in [2.05, 4.69) is 5.32 Å². The summed E-state index contributed by atoms with van der Waals surface area (Å²) in [4.78, 5) is 11.4. The van der Waals surface area contributed by atoms with Gasteiger partial charge in [0, 0.05) is 11.6 Å². The average molecular weight is 267 g/mol. The molecule has 0 aliphatic carbocycles. The van der Waals surface area contributed by atoms with Crippen LogP contribution in [0.2, 0.25) is 0 Å². The van der Waals surface area contributed by atoms with Crippen molar-refractivity contribution in [2.24, 2.45) is 5.41 Å². The van der Waals surface area contributed by atoms with Gasteiger partial charge in [-0.25, -0.2) is 0 Å². The quantitative estimate of drug-likeness (QED) is 0.826. The second-order valence-corrected chi connectivity index (χ2v) is 4.86. The van der Waals surface area contributed by atoms with E-state index in [1.807, 2.05) is 6.07 Å². The van der Waals surface area contributed by atoms with Crippen molar-refractivity contribution >= 4 is 5.97 Å².